The van der Waals surface area contributed by atoms with Crippen LogP contribution in [-0.4, -0.2) is 83.7 Å². The number of ether oxygens (including phenoxy) is 3. The van der Waals surface area contributed by atoms with Crippen molar-refractivity contribution in [2.45, 2.75) is 68.9 Å². The van der Waals surface area contributed by atoms with Gasteiger partial charge in [0.05, 0.1) is 18.2 Å². The van der Waals surface area contributed by atoms with Gasteiger partial charge in [0, 0.05) is 47.7 Å². The van der Waals surface area contributed by atoms with Gasteiger partial charge in [-0.15, -0.1) is 0 Å². The highest BCUT2D eigenvalue weighted by Gasteiger charge is 2.48. The van der Waals surface area contributed by atoms with E-state index < -0.39 is 5.82 Å². The number of aromatic nitrogens is 3. The summed E-state index contributed by atoms with van der Waals surface area (Å²) in [7, 11) is 0. The molecule has 12 heteroatoms. The Morgan fingerprint density at radius 2 is 2.02 bits per heavy atom. The number of nitrogens with zero attached hydrogens (tertiary/aromatic N) is 5. The Bertz CT molecular complexity index is 1820. The number of nitrogens with one attached hydrogen (secondary N) is 1. The molecule has 3 aromatic rings. The molecule has 2 saturated carbocycles. The van der Waals surface area contributed by atoms with E-state index in [2.05, 4.69) is 9.80 Å². The number of pyridine rings is 1. The lowest BCUT2D eigenvalue weighted by atomic mass is 9.93. The minimum Gasteiger partial charge on any atom is -0.475 e. The normalized spacial score (nSPS) is 25.6. The first-order valence-electron chi connectivity index (χ1n) is 16.5. The minimum atomic E-state index is -0.630. The molecule has 0 spiro atoms. The molecule has 2 aromatic heterocycles. The molecule has 5 fully saturated rings. The predicted octanol–water partition coefficient (Wildman–Crippen LogP) is 5.64. The summed E-state index contributed by atoms with van der Waals surface area (Å²) in [6.45, 7) is 4.57. The summed E-state index contributed by atoms with van der Waals surface area (Å²) in [5.41, 5.74) is 11.4. The first kappa shape index (κ1) is 28.7. The molecule has 240 valence electrons. The van der Waals surface area contributed by atoms with E-state index in [9.17, 15) is 0 Å². The Morgan fingerprint density at radius 3 is 2.83 bits per heavy atom. The Labute approximate surface area is 271 Å². The highest BCUT2D eigenvalue weighted by atomic mass is 35.5. The van der Waals surface area contributed by atoms with Crippen LogP contribution in [0.2, 0.25) is 5.02 Å². The zero-order valence-electron chi connectivity index (χ0n) is 25.7. The van der Waals surface area contributed by atoms with Gasteiger partial charge in [0.2, 0.25) is 5.88 Å². The van der Waals surface area contributed by atoms with Crippen LogP contribution in [0.5, 0.6) is 11.9 Å². The molecule has 2 atom stereocenters. The summed E-state index contributed by atoms with van der Waals surface area (Å²) in [5.74, 6) is 0.307. The van der Waals surface area contributed by atoms with Crippen molar-refractivity contribution in [1.29, 1.82) is 5.41 Å². The molecule has 0 radical (unpaired) electrons. The predicted molar refractivity (Wildman–Crippen MR) is 174 cm³/mol. The fourth-order valence-electron chi connectivity index (χ4n) is 8.14. The van der Waals surface area contributed by atoms with E-state index in [1.54, 1.807) is 17.2 Å². The number of benzene rings is 1. The van der Waals surface area contributed by atoms with E-state index in [-0.39, 0.29) is 40.6 Å². The van der Waals surface area contributed by atoms with E-state index in [0.717, 1.165) is 63.4 Å². The minimum absolute atomic E-state index is 0.0260. The molecule has 6 aliphatic rings. The molecular formula is C34H37ClFN7O3. The van der Waals surface area contributed by atoms with Crippen molar-refractivity contribution in [2.24, 2.45) is 0 Å². The Balaban J connectivity index is 1.21. The maximum atomic E-state index is 17.2. The quantitative estimate of drug-likeness (QED) is 0.199. The number of hydrogen-bond donors (Lipinski definition) is 2. The molecule has 46 heavy (non-hydrogen) atoms. The Morgan fingerprint density at radius 1 is 1.15 bits per heavy atom. The van der Waals surface area contributed by atoms with Gasteiger partial charge in [-0.3, -0.25) is 4.90 Å². The summed E-state index contributed by atoms with van der Waals surface area (Å²) < 4.78 is 35.9. The fourth-order valence-corrected chi connectivity index (χ4v) is 8.51. The van der Waals surface area contributed by atoms with Gasteiger partial charge in [-0.05, 0) is 75.5 Å². The monoisotopic (exact) mass is 645 g/mol. The third kappa shape index (κ3) is 4.57. The van der Waals surface area contributed by atoms with Gasteiger partial charge in [-0.25, -0.2) is 9.37 Å². The number of allylic oxidation sites excluding steroid dienone is 1. The molecule has 4 aliphatic heterocycles. The van der Waals surface area contributed by atoms with Crippen molar-refractivity contribution < 1.29 is 18.6 Å². The van der Waals surface area contributed by atoms with Crippen molar-refractivity contribution in [3.8, 4) is 23.1 Å². The third-order valence-electron chi connectivity index (χ3n) is 10.7. The lowest BCUT2D eigenvalue weighted by Gasteiger charge is -2.31. The largest absolute Gasteiger partial charge is 0.475 e. The van der Waals surface area contributed by atoms with Crippen LogP contribution in [0.1, 0.15) is 68.4 Å². The molecule has 0 amide bonds. The second kappa shape index (κ2) is 10.7. The first-order valence-corrected chi connectivity index (χ1v) is 16.9. The van der Waals surface area contributed by atoms with Crippen molar-refractivity contribution in [3.05, 3.63) is 39.2 Å². The zero-order valence-corrected chi connectivity index (χ0v) is 26.5. The van der Waals surface area contributed by atoms with Gasteiger partial charge < -0.3 is 30.3 Å². The summed E-state index contributed by atoms with van der Waals surface area (Å²) >= 11 is 6.75. The number of fused-ring (bicyclic) bond motifs is 3. The average molecular weight is 646 g/mol. The van der Waals surface area contributed by atoms with Crippen molar-refractivity contribution in [3.63, 3.8) is 0 Å². The fraction of sp³-hybridized carbons (Fsp3) is 0.529. The lowest BCUT2D eigenvalue weighted by molar-refractivity contribution is 0.108. The van der Waals surface area contributed by atoms with Crippen molar-refractivity contribution in [1.82, 2.24) is 19.9 Å². The second-order valence-electron chi connectivity index (χ2n) is 13.7. The van der Waals surface area contributed by atoms with Crippen LogP contribution >= 0.6 is 11.6 Å². The van der Waals surface area contributed by atoms with Crippen LogP contribution in [0, 0.1) is 11.2 Å². The number of rotatable bonds is 6. The molecule has 10 nitrogen and oxygen atoms in total. The topological polar surface area (TPSA) is 123 Å². The number of hydrogen-bond acceptors (Lipinski definition) is 10. The summed E-state index contributed by atoms with van der Waals surface area (Å²) in [5, 5.41) is 9.08. The molecule has 3 saturated heterocycles. The van der Waals surface area contributed by atoms with Gasteiger partial charge >= 0.3 is 6.01 Å². The van der Waals surface area contributed by atoms with E-state index in [4.69, 9.17) is 51.9 Å². The molecule has 0 bridgehead atoms. The molecule has 9 rings (SSSR count). The lowest BCUT2D eigenvalue weighted by Crippen LogP contribution is -2.43. The van der Waals surface area contributed by atoms with Crippen LogP contribution in [0.25, 0.3) is 22.2 Å². The number of nitrogen functional groups attached to an aromatic ring is 1. The van der Waals surface area contributed by atoms with Crippen LogP contribution in [0.3, 0.4) is 0 Å². The first-order chi connectivity index (χ1) is 22.4. The second-order valence-corrected chi connectivity index (χ2v) is 14.1. The zero-order chi connectivity index (χ0) is 31.2. The molecule has 2 aliphatic carbocycles. The van der Waals surface area contributed by atoms with Gasteiger partial charge in [0.15, 0.2) is 5.82 Å². The molecule has 6 heterocycles. The van der Waals surface area contributed by atoms with Crippen LogP contribution < -0.4 is 20.1 Å². The van der Waals surface area contributed by atoms with E-state index >= 15 is 4.39 Å². The maximum Gasteiger partial charge on any atom is 0.319 e. The molecule has 3 N–H and O–H groups in total. The maximum absolute atomic E-state index is 17.2. The summed E-state index contributed by atoms with van der Waals surface area (Å²) in [4.78, 5) is 19.2. The van der Waals surface area contributed by atoms with Gasteiger partial charge in [-0.2, -0.15) is 9.97 Å². The van der Waals surface area contributed by atoms with E-state index in [1.807, 2.05) is 0 Å². The Hall–Kier alpha value is -3.54. The highest BCUT2D eigenvalue weighted by molar-refractivity contribution is 6.32. The molecule has 1 aromatic carbocycles. The standard InChI is InChI=1S/C34H37ClFN7O3/c35-23-11-24(38)22(13-37)26(25(23)19-5-6-19)29-28(36)30-27-31(43-9-2-10-44-15-21(43)16-45-32(27)39-29)41-33(40-30)46-17-34-7-1-8-42(34)14-20(12-34)18-3-4-18/h11,13,19,21,37H,1-10,12,14-17,38H2/t21-,34-/m0/s1. The summed E-state index contributed by atoms with van der Waals surface area (Å²) in [6, 6.07) is 1.65. The molecule has 0 unspecified atom stereocenters. The third-order valence-corrected chi connectivity index (χ3v) is 11.0. The van der Waals surface area contributed by atoms with Crippen LogP contribution in [-0.2, 0) is 4.74 Å². The smallest absolute Gasteiger partial charge is 0.319 e. The van der Waals surface area contributed by atoms with E-state index in [0.29, 0.717) is 66.0 Å². The van der Waals surface area contributed by atoms with Gasteiger partial charge in [0.25, 0.3) is 0 Å². The SMILES string of the molecule is N=Cc1c(N)cc(Cl)c(C2CC2)c1-c1nc2c3c(nc(OC[C@@]45CCCN4CC(=C4CC4)C5)nc3c1F)N1CCCOC[C@H]1CO2. The van der Waals surface area contributed by atoms with Crippen LogP contribution in [0.4, 0.5) is 15.9 Å². The van der Waals surface area contributed by atoms with Gasteiger partial charge in [-0.1, -0.05) is 22.7 Å². The van der Waals surface area contributed by atoms with E-state index in [1.165, 1.54) is 12.8 Å². The van der Waals surface area contributed by atoms with Crippen LogP contribution in [0.15, 0.2) is 17.2 Å². The number of anilines is 2. The number of halogens is 2. The average Bonchev–Trinajstić information content (AvgIpc) is 3.96. The van der Waals surface area contributed by atoms with Crippen molar-refractivity contribution in [2.75, 3.05) is 56.7 Å². The Kier molecular flexibility index (Phi) is 6.70. The summed E-state index contributed by atoms with van der Waals surface area (Å²) in [6.07, 6.45) is 9.44. The van der Waals surface area contributed by atoms with Crippen molar-refractivity contribution >= 4 is 40.2 Å². The molecular weight excluding hydrogens is 609 g/mol. The highest BCUT2D eigenvalue weighted by Crippen LogP contribution is 2.51. The number of nitrogens with two attached hydrogens (primary N) is 1. The van der Waals surface area contributed by atoms with Gasteiger partial charge in [0.1, 0.15) is 35.6 Å².